The molecule has 0 spiro atoms. The number of nitrogens with zero attached hydrogens (tertiary/aromatic N) is 2. The Balaban J connectivity index is 0.00000289. The van der Waals surface area contributed by atoms with Crippen LogP contribution in [0.5, 0.6) is 11.6 Å². The number of pyridine rings is 2. The van der Waals surface area contributed by atoms with Crippen LogP contribution in [0.3, 0.4) is 0 Å². The van der Waals surface area contributed by atoms with E-state index < -0.39 is 0 Å². The van der Waals surface area contributed by atoms with Gasteiger partial charge in [-0.3, -0.25) is 4.79 Å². The lowest BCUT2D eigenvalue weighted by atomic mass is 9.91. The highest BCUT2D eigenvalue weighted by atomic mass is 35.5. The summed E-state index contributed by atoms with van der Waals surface area (Å²) >= 11 is 5.94. The standard InChI is InChI=1S/C27H25ClN4O2.ClH/c28-19-8-14-22(15-9-19)34-27-23(5-3-17-29-27)26(33)31-21-12-10-20(11-13-21)30-25-16-7-18-4-1-2-6-24(18)32-25;/h1-9,14-17,20-21H,10-13H2,(H,30,32)(H,31,33);1H/t20-,21+;. The summed E-state index contributed by atoms with van der Waals surface area (Å²) in [5.74, 6) is 1.57. The molecule has 1 aliphatic rings. The third-order valence-corrected chi connectivity index (χ3v) is 6.31. The van der Waals surface area contributed by atoms with Gasteiger partial charge in [0.1, 0.15) is 17.1 Å². The van der Waals surface area contributed by atoms with Crippen LogP contribution in [0.1, 0.15) is 36.0 Å². The van der Waals surface area contributed by atoms with Crippen LogP contribution < -0.4 is 15.4 Å². The fourth-order valence-electron chi connectivity index (χ4n) is 4.26. The highest BCUT2D eigenvalue weighted by Gasteiger charge is 2.24. The van der Waals surface area contributed by atoms with E-state index in [0.717, 1.165) is 42.4 Å². The SMILES string of the molecule is Cl.O=C(N[C@H]1CC[C@@H](Nc2ccc3ccccc3n2)CC1)c1cccnc1Oc1ccc(Cl)cc1. The summed E-state index contributed by atoms with van der Waals surface area (Å²) in [5.41, 5.74) is 1.40. The fourth-order valence-corrected chi connectivity index (χ4v) is 4.39. The van der Waals surface area contributed by atoms with E-state index in [0.29, 0.717) is 22.4 Å². The Labute approximate surface area is 215 Å². The zero-order valence-electron chi connectivity index (χ0n) is 19.0. The summed E-state index contributed by atoms with van der Waals surface area (Å²) < 4.78 is 5.84. The molecule has 1 fully saturated rings. The number of amides is 1. The number of nitrogens with one attached hydrogen (secondary N) is 2. The second kappa shape index (κ2) is 11.4. The topological polar surface area (TPSA) is 76.1 Å². The molecule has 35 heavy (non-hydrogen) atoms. The molecule has 2 aromatic heterocycles. The van der Waals surface area contributed by atoms with Gasteiger partial charge in [0, 0.05) is 28.7 Å². The molecule has 180 valence electrons. The molecule has 0 radical (unpaired) electrons. The molecule has 1 saturated carbocycles. The van der Waals surface area contributed by atoms with Gasteiger partial charge in [-0.25, -0.2) is 9.97 Å². The van der Waals surface area contributed by atoms with Crippen molar-refractivity contribution in [2.75, 3.05) is 5.32 Å². The van der Waals surface area contributed by atoms with Crippen molar-refractivity contribution in [3.05, 3.63) is 89.6 Å². The Morgan fingerprint density at radius 1 is 0.886 bits per heavy atom. The molecule has 0 bridgehead atoms. The van der Waals surface area contributed by atoms with Crippen molar-refractivity contribution in [3.63, 3.8) is 0 Å². The number of para-hydroxylation sites is 1. The van der Waals surface area contributed by atoms with Crippen molar-refractivity contribution in [3.8, 4) is 11.6 Å². The van der Waals surface area contributed by atoms with Crippen LogP contribution in [0.15, 0.2) is 79.0 Å². The number of rotatable bonds is 6. The van der Waals surface area contributed by atoms with Crippen molar-refractivity contribution in [2.45, 2.75) is 37.8 Å². The van der Waals surface area contributed by atoms with Gasteiger partial charge in [-0.1, -0.05) is 29.8 Å². The summed E-state index contributed by atoms with van der Waals surface area (Å²) in [6, 6.07) is 23.1. The first-order chi connectivity index (χ1) is 16.6. The molecular formula is C27H26Cl2N4O2. The first-order valence-electron chi connectivity index (χ1n) is 11.5. The highest BCUT2D eigenvalue weighted by Crippen LogP contribution is 2.26. The van der Waals surface area contributed by atoms with Crippen LogP contribution in [0.25, 0.3) is 10.9 Å². The quantitative estimate of drug-likeness (QED) is 0.304. The number of carbonyl (C=O) groups is 1. The third kappa shape index (κ3) is 6.21. The highest BCUT2D eigenvalue weighted by molar-refractivity contribution is 6.30. The van der Waals surface area contributed by atoms with Crippen LogP contribution in [0, 0.1) is 0 Å². The Morgan fingerprint density at radius 2 is 1.63 bits per heavy atom. The molecule has 6 nitrogen and oxygen atoms in total. The van der Waals surface area contributed by atoms with Gasteiger partial charge in [0.15, 0.2) is 0 Å². The predicted octanol–water partition coefficient (Wildman–Crippen LogP) is 6.65. The third-order valence-electron chi connectivity index (χ3n) is 6.06. The van der Waals surface area contributed by atoms with Crippen molar-refractivity contribution < 1.29 is 9.53 Å². The van der Waals surface area contributed by atoms with Gasteiger partial charge in [-0.15, -0.1) is 12.4 Å². The van der Waals surface area contributed by atoms with E-state index in [2.05, 4.69) is 27.8 Å². The predicted molar refractivity (Wildman–Crippen MR) is 142 cm³/mol. The Bertz CT molecular complexity index is 1290. The Morgan fingerprint density at radius 3 is 2.43 bits per heavy atom. The summed E-state index contributed by atoms with van der Waals surface area (Å²) in [5, 5.41) is 8.46. The first kappa shape index (κ1) is 24.8. The van der Waals surface area contributed by atoms with Crippen molar-refractivity contribution >= 4 is 46.6 Å². The van der Waals surface area contributed by atoms with E-state index in [1.54, 1.807) is 42.6 Å². The van der Waals surface area contributed by atoms with Crippen molar-refractivity contribution in [1.82, 2.24) is 15.3 Å². The van der Waals surface area contributed by atoms with E-state index >= 15 is 0 Å². The van der Waals surface area contributed by atoms with E-state index in [-0.39, 0.29) is 30.2 Å². The molecule has 2 N–H and O–H groups in total. The number of benzene rings is 2. The monoisotopic (exact) mass is 508 g/mol. The number of hydrogen-bond acceptors (Lipinski definition) is 5. The average Bonchev–Trinajstić information content (AvgIpc) is 2.87. The van der Waals surface area contributed by atoms with Gasteiger partial charge in [-0.05, 0) is 80.3 Å². The van der Waals surface area contributed by atoms with E-state index in [1.165, 1.54) is 0 Å². The maximum Gasteiger partial charge on any atom is 0.257 e. The molecule has 0 unspecified atom stereocenters. The van der Waals surface area contributed by atoms with Gasteiger partial charge in [0.05, 0.1) is 5.52 Å². The number of halogens is 2. The maximum atomic E-state index is 13.0. The molecule has 5 rings (SSSR count). The molecule has 0 atom stereocenters. The van der Waals surface area contributed by atoms with E-state index in [9.17, 15) is 4.79 Å². The largest absolute Gasteiger partial charge is 0.438 e. The number of carbonyl (C=O) groups excluding carboxylic acids is 1. The lowest BCUT2D eigenvalue weighted by Crippen LogP contribution is -2.40. The molecule has 2 heterocycles. The van der Waals surface area contributed by atoms with Crippen LogP contribution in [0.2, 0.25) is 5.02 Å². The van der Waals surface area contributed by atoms with E-state index in [4.69, 9.17) is 21.3 Å². The number of anilines is 1. The van der Waals surface area contributed by atoms with Gasteiger partial charge in [-0.2, -0.15) is 0 Å². The zero-order valence-corrected chi connectivity index (χ0v) is 20.6. The van der Waals surface area contributed by atoms with Gasteiger partial charge < -0.3 is 15.4 Å². The second-order valence-electron chi connectivity index (χ2n) is 8.47. The summed E-state index contributed by atoms with van der Waals surface area (Å²) in [4.78, 5) is 22.0. The van der Waals surface area contributed by atoms with Crippen molar-refractivity contribution in [2.24, 2.45) is 0 Å². The summed E-state index contributed by atoms with van der Waals surface area (Å²) in [6.45, 7) is 0. The molecule has 0 saturated heterocycles. The number of hydrogen-bond donors (Lipinski definition) is 2. The fraction of sp³-hybridized carbons (Fsp3) is 0.222. The van der Waals surface area contributed by atoms with Crippen LogP contribution >= 0.6 is 24.0 Å². The van der Waals surface area contributed by atoms with Gasteiger partial charge in [0.25, 0.3) is 5.91 Å². The van der Waals surface area contributed by atoms with Crippen LogP contribution in [-0.4, -0.2) is 28.0 Å². The molecular weight excluding hydrogens is 483 g/mol. The Kier molecular flexibility index (Phi) is 8.06. The lowest BCUT2D eigenvalue weighted by molar-refractivity contribution is 0.0923. The first-order valence-corrected chi connectivity index (χ1v) is 11.8. The minimum absolute atomic E-state index is 0. The maximum absolute atomic E-state index is 13.0. The zero-order chi connectivity index (χ0) is 23.3. The molecule has 2 aromatic carbocycles. The summed E-state index contributed by atoms with van der Waals surface area (Å²) in [7, 11) is 0. The average molecular weight is 509 g/mol. The van der Waals surface area contributed by atoms with Crippen molar-refractivity contribution in [1.29, 1.82) is 0 Å². The number of ether oxygens (including phenoxy) is 1. The second-order valence-corrected chi connectivity index (χ2v) is 8.90. The molecule has 8 heteroatoms. The summed E-state index contributed by atoms with van der Waals surface area (Å²) in [6.07, 6.45) is 5.32. The van der Waals surface area contributed by atoms with Gasteiger partial charge >= 0.3 is 0 Å². The molecule has 1 amide bonds. The number of fused-ring (bicyclic) bond motifs is 1. The van der Waals surface area contributed by atoms with Crippen LogP contribution in [-0.2, 0) is 0 Å². The van der Waals surface area contributed by atoms with E-state index in [1.807, 2.05) is 24.3 Å². The normalized spacial score (nSPS) is 17.3. The van der Waals surface area contributed by atoms with Gasteiger partial charge in [0.2, 0.25) is 5.88 Å². The lowest BCUT2D eigenvalue weighted by Gasteiger charge is -2.30. The minimum Gasteiger partial charge on any atom is -0.438 e. The minimum atomic E-state index is -0.176. The smallest absolute Gasteiger partial charge is 0.257 e. The van der Waals surface area contributed by atoms with Crippen LogP contribution in [0.4, 0.5) is 5.82 Å². The molecule has 0 aliphatic heterocycles. The Hall–Kier alpha value is -3.35. The number of aromatic nitrogens is 2. The molecule has 4 aromatic rings. The molecule has 1 aliphatic carbocycles.